The van der Waals surface area contributed by atoms with Gasteiger partial charge in [-0.1, -0.05) is 19.1 Å². The summed E-state index contributed by atoms with van der Waals surface area (Å²) in [7, 11) is 0. The molecule has 3 nitrogen and oxygen atoms in total. The molecule has 3 rings (SSSR count). The lowest BCUT2D eigenvalue weighted by atomic mass is 10.2. The molecule has 0 N–H and O–H groups in total. The molecule has 0 saturated heterocycles. The molecule has 1 saturated carbocycles. The summed E-state index contributed by atoms with van der Waals surface area (Å²) in [4.78, 5) is 6.69. The average Bonchev–Trinajstić information content (AvgIpc) is 3.10. The first-order valence-electron chi connectivity index (χ1n) is 7.65. The molecule has 3 heteroatoms. The second-order valence-electron chi connectivity index (χ2n) is 5.81. The van der Waals surface area contributed by atoms with Crippen LogP contribution < -0.4 is 0 Å². The van der Waals surface area contributed by atoms with Crippen molar-refractivity contribution in [2.45, 2.75) is 32.7 Å². The first-order valence-corrected chi connectivity index (χ1v) is 7.65. The summed E-state index contributed by atoms with van der Waals surface area (Å²) in [5.41, 5.74) is 2.58. The zero-order valence-electron chi connectivity index (χ0n) is 12.2. The molecule has 1 fully saturated rings. The SMILES string of the molecule is CCCN(Cc1ccc(-n2ccnc2)cc1)CC1CC1. The van der Waals surface area contributed by atoms with Crippen molar-refractivity contribution in [3.63, 3.8) is 0 Å². The maximum atomic E-state index is 4.09. The number of aromatic nitrogens is 2. The van der Waals surface area contributed by atoms with Gasteiger partial charge >= 0.3 is 0 Å². The molecule has 0 atom stereocenters. The lowest BCUT2D eigenvalue weighted by Gasteiger charge is -2.21. The van der Waals surface area contributed by atoms with Gasteiger partial charge in [-0.2, -0.15) is 0 Å². The summed E-state index contributed by atoms with van der Waals surface area (Å²) in [5.74, 6) is 0.965. The third-order valence-electron chi connectivity index (χ3n) is 3.90. The van der Waals surface area contributed by atoms with E-state index >= 15 is 0 Å². The molecule has 0 spiro atoms. The van der Waals surface area contributed by atoms with Gasteiger partial charge in [-0.3, -0.25) is 4.90 Å². The molecule has 0 radical (unpaired) electrons. The van der Waals surface area contributed by atoms with Crippen LogP contribution in [0.15, 0.2) is 43.0 Å². The Morgan fingerprint density at radius 2 is 2.05 bits per heavy atom. The lowest BCUT2D eigenvalue weighted by Crippen LogP contribution is -2.26. The van der Waals surface area contributed by atoms with E-state index in [0.29, 0.717) is 0 Å². The summed E-state index contributed by atoms with van der Waals surface area (Å²) in [6.45, 7) is 5.83. The fraction of sp³-hybridized carbons (Fsp3) is 0.471. The van der Waals surface area contributed by atoms with E-state index in [1.54, 1.807) is 0 Å². The number of rotatable bonds is 7. The number of imidazole rings is 1. The van der Waals surface area contributed by atoms with E-state index in [0.717, 1.165) is 12.5 Å². The van der Waals surface area contributed by atoms with Gasteiger partial charge in [0.2, 0.25) is 0 Å². The van der Waals surface area contributed by atoms with E-state index in [1.165, 1.54) is 43.6 Å². The highest BCUT2D eigenvalue weighted by Gasteiger charge is 2.23. The van der Waals surface area contributed by atoms with Crippen molar-refractivity contribution in [1.29, 1.82) is 0 Å². The highest BCUT2D eigenvalue weighted by Crippen LogP contribution is 2.30. The first kappa shape index (κ1) is 13.4. The molecular weight excluding hydrogens is 246 g/mol. The van der Waals surface area contributed by atoms with Crippen LogP contribution in [0.5, 0.6) is 0 Å². The third-order valence-corrected chi connectivity index (χ3v) is 3.90. The van der Waals surface area contributed by atoms with E-state index in [-0.39, 0.29) is 0 Å². The van der Waals surface area contributed by atoms with Gasteiger partial charge in [-0.15, -0.1) is 0 Å². The van der Waals surface area contributed by atoms with Crippen LogP contribution in [0.4, 0.5) is 0 Å². The molecule has 1 aromatic carbocycles. The lowest BCUT2D eigenvalue weighted by molar-refractivity contribution is 0.255. The van der Waals surface area contributed by atoms with Crippen molar-refractivity contribution in [3.8, 4) is 5.69 Å². The molecule has 2 aromatic rings. The van der Waals surface area contributed by atoms with Gasteiger partial charge < -0.3 is 4.57 Å². The highest BCUT2D eigenvalue weighted by atomic mass is 15.1. The number of hydrogen-bond acceptors (Lipinski definition) is 2. The quantitative estimate of drug-likeness (QED) is 0.767. The summed E-state index contributed by atoms with van der Waals surface area (Å²) >= 11 is 0. The minimum absolute atomic E-state index is 0.965. The van der Waals surface area contributed by atoms with E-state index < -0.39 is 0 Å². The van der Waals surface area contributed by atoms with Crippen molar-refractivity contribution >= 4 is 0 Å². The predicted octanol–water partition coefficient (Wildman–Crippen LogP) is 3.49. The van der Waals surface area contributed by atoms with Crippen LogP contribution in [0.2, 0.25) is 0 Å². The Kier molecular flexibility index (Phi) is 4.16. The molecule has 0 bridgehead atoms. The molecule has 20 heavy (non-hydrogen) atoms. The molecule has 1 aliphatic rings. The Labute approximate surface area is 121 Å². The smallest absolute Gasteiger partial charge is 0.0991 e. The number of nitrogens with zero attached hydrogens (tertiary/aromatic N) is 3. The normalized spacial score (nSPS) is 14.9. The Balaban J connectivity index is 1.63. The third kappa shape index (κ3) is 3.48. The topological polar surface area (TPSA) is 21.1 Å². The van der Waals surface area contributed by atoms with Crippen LogP contribution in [-0.2, 0) is 6.54 Å². The van der Waals surface area contributed by atoms with Crippen LogP contribution in [0, 0.1) is 5.92 Å². The van der Waals surface area contributed by atoms with Crippen molar-refractivity contribution in [1.82, 2.24) is 14.5 Å². The maximum absolute atomic E-state index is 4.09. The minimum Gasteiger partial charge on any atom is -0.306 e. The van der Waals surface area contributed by atoms with Crippen LogP contribution in [0.25, 0.3) is 5.69 Å². The minimum atomic E-state index is 0.965. The Bertz CT molecular complexity index is 512. The maximum Gasteiger partial charge on any atom is 0.0991 e. The van der Waals surface area contributed by atoms with Crippen LogP contribution >= 0.6 is 0 Å². The summed E-state index contributed by atoms with van der Waals surface area (Å²) < 4.78 is 2.04. The molecular formula is C17H23N3. The van der Waals surface area contributed by atoms with Gasteiger partial charge in [-0.25, -0.2) is 4.98 Å². The number of hydrogen-bond donors (Lipinski definition) is 0. The van der Waals surface area contributed by atoms with Crippen LogP contribution in [-0.4, -0.2) is 27.5 Å². The van der Waals surface area contributed by atoms with E-state index in [2.05, 4.69) is 41.1 Å². The van der Waals surface area contributed by atoms with Gasteiger partial charge in [0.1, 0.15) is 0 Å². The van der Waals surface area contributed by atoms with Crippen molar-refractivity contribution in [2.24, 2.45) is 5.92 Å². The Hall–Kier alpha value is -1.61. The summed E-state index contributed by atoms with van der Waals surface area (Å²) in [5, 5.41) is 0. The van der Waals surface area contributed by atoms with Crippen molar-refractivity contribution in [3.05, 3.63) is 48.5 Å². The van der Waals surface area contributed by atoms with Crippen molar-refractivity contribution in [2.75, 3.05) is 13.1 Å². The molecule has 106 valence electrons. The van der Waals surface area contributed by atoms with Crippen LogP contribution in [0.1, 0.15) is 31.7 Å². The molecule has 1 heterocycles. The monoisotopic (exact) mass is 269 g/mol. The first-order chi connectivity index (χ1) is 9.85. The standard InChI is InChI=1S/C17H23N3/c1-2-10-19(12-15-3-4-15)13-16-5-7-17(8-6-16)20-11-9-18-14-20/h5-9,11,14-15H,2-4,10,12-13H2,1H3. The molecule has 1 aliphatic carbocycles. The summed E-state index contributed by atoms with van der Waals surface area (Å²) in [6, 6.07) is 8.84. The van der Waals surface area contributed by atoms with Gasteiger partial charge in [0.15, 0.2) is 0 Å². The van der Waals surface area contributed by atoms with Gasteiger partial charge in [0.25, 0.3) is 0 Å². The fourth-order valence-electron chi connectivity index (χ4n) is 2.66. The van der Waals surface area contributed by atoms with Gasteiger partial charge in [0.05, 0.1) is 6.33 Å². The fourth-order valence-corrected chi connectivity index (χ4v) is 2.66. The zero-order chi connectivity index (χ0) is 13.8. The summed E-state index contributed by atoms with van der Waals surface area (Å²) in [6.07, 6.45) is 9.73. The second-order valence-corrected chi connectivity index (χ2v) is 5.81. The zero-order valence-corrected chi connectivity index (χ0v) is 12.2. The van der Waals surface area contributed by atoms with E-state index in [9.17, 15) is 0 Å². The molecule has 0 aliphatic heterocycles. The average molecular weight is 269 g/mol. The predicted molar refractivity (Wildman–Crippen MR) is 81.9 cm³/mol. The largest absolute Gasteiger partial charge is 0.306 e. The van der Waals surface area contributed by atoms with E-state index in [1.807, 2.05) is 23.3 Å². The van der Waals surface area contributed by atoms with E-state index in [4.69, 9.17) is 0 Å². The van der Waals surface area contributed by atoms with Gasteiger partial charge in [0, 0.05) is 31.2 Å². The molecule has 0 amide bonds. The Morgan fingerprint density at radius 1 is 1.25 bits per heavy atom. The van der Waals surface area contributed by atoms with Crippen molar-refractivity contribution < 1.29 is 0 Å². The van der Waals surface area contributed by atoms with Gasteiger partial charge in [-0.05, 0) is 49.4 Å². The Morgan fingerprint density at radius 3 is 2.65 bits per heavy atom. The molecule has 1 aromatic heterocycles. The highest BCUT2D eigenvalue weighted by molar-refractivity contribution is 5.34. The van der Waals surface area contributed by atoms with Crippen LogP contribution in [0.3, 0.4) is 0 Å². The second kappa shape index (κ2) is 6.23. The number of benzene rings is 1. The molecule has 0 unspecified atom stereocenters.